The van der Waals surface area contributed by atoms with Crippen LogP contribution in [0.15, 0.2) is 27.8 Å². The number of rotatable bonds is 8. The number of nitrogens with zero attached hydrogens (tertiary/aromatic N) is 3. The summed E-state index contributed by atoms with van der Waals surface area (Å²) in [5.41, 5.74) is -3.11. The van der Waals surface area contributed by atoms with E-state index in [1.54, 1.807) is 33.8 Å². The predicted molar refractivity (Wildman–Crippen MR) is 156 cm³/mol. The van der Waals surface area contributed by atoms with Crippen LogP contribution >= 0.6 is 11.3 Å². The Kier molecular flexibility index (Phi) is 8.97. The van der Waals surface area contributed by atoms with E-state index in [2.05, 4.69) is 6.07 Å². The van der Waals surface area contributed by atoms with E-state index in [4.69, 9.17) is 18.9 Å². The highest BCUT2D eigenvalue weighted by atomic mass is 32.1. The molecule has 0 radical (unpaired) electrons. The van der Waals surface area contributed by atoms with Gasteiger partial charge in [-0.05, 0) is 72.1 Å². The molecule has 1 fully saturated rings. The van der Waals surface area contributed by atoms with Crippen LogP contribution in [-0.4, -0.2) is 47.1 Å². The summed E-state index contributed by atoms with van der Waals surface area (Å²) in [5.74, 6) is -1.03. The number of aromatic nitrogens is 2. The largest absolute Gasteiger partial charge is 0.496 e. The minimum atomic E-state index is -1.69. The van der Waals surface area contributed by atoms with Gasteiger partial charge in [-0.1, -0.05) is 0 Å². The van der Waals surface area contributed by atoms with E-state index < -0.39 is 40.3 Å². The summed E-state index contributed by atoms with van der Waals surface area (Å²) in [6.45, 7) is 10.5. The summed E-state index contributed by atoms with van der Waals surface area (Å²) < 4.78 is 39.5. The first-order valence-electron chi connectivity index (χ1n) is 13.7. The highest BCUT2D eigenvalue weighted by Crippen LogP contribution is 2.34. The van der Waals surface area contributed by atoms with Crippen LogP contribution in [0.1, 0.15) is 69.6 Å². The van der Waals surface area contributed by atoms with Gasteiger partial charge < -0.3 is 18.9 Å². The average Bonchev–Trinajstić information content (AvgIpc) is 3.26. The fourth-order valence-corrected chi connectivity index (χ4v) is 6.08. The maximum absolute atomic E-state index is 14.3. The molecule has 1 aliphatic rings. The van der Waals surface area contributed by atoms with Crippen LogP contribution in [0.3, 0.4) is 0 Å². The third kappa shape index (κ3) is 6.14. The lowest BCUT2D eigenvalue weighted by molar-refractivity contribution is -0.164. The third-order valence-corrected chi connectivity index (χ3v) is 8.41. The van der Waals surface area contributed by atoms with Crippen molar-refractivity contribution in [2.45, 2.75) is 84.3 Å². The molecule has 2 aromatic heterocycles. The number of carbonyl (C=O) groups excluding carboxylic acids is 1. The van der Waals surface area contributed by atoms with Crippen LogP contribution in [0, 0.1) is 24.1 Å². The topological polar surface area (TPSA) is 122 Å². The van der Waals surface area contributed by atoms with E-state index in [1.807, 2.05) is 0 Å². The highest BCUT2D eigenvalue weighted by Gasteiger charge is 2.39. The Balaban J connectivity index is 1.97. The zero-order valence-corrected chi connectivity index (χ0v) is 25.7. The molecule has 12 heteroatoms. The van der Waals surface area contributed by atoms with Gasteiger partial charge in [0.1, 0.15) is 44.6 Å². The quantitative estimate of drug-likeness (QED) is 0.345. The molecular formula is C30H36FN3O7S. The summed E-state index contributed by atoms with van der Waals surface area (Å²) in [6, 6.07) is 6.17. The second-order valence-electron chi connectivity index (χ2n) is 11.8. The van der Waals surface area contributed by atoms with Crippen molar-refractivity contribution in [1.29, 1.82) is 5.26 Å². The zero-order valence-electron chi connectivity index (χ0n) is 24.9. The average molecular weight is 602 g/mol. The number of hydrogen-bond donors (Lipinski definition) is 0. The van der Waals surface area contributed by atoms with E-state index in [0.717, 1.165) is 15.9 Å². The molecule has 0 amide bonds. The van der Waals surface area contributed by atoms with Crippen LogP contribution in [0.25, 0.3) is 10.2 Å². The summed E-state index contributed by atoms with van der Waals surface area (Å²) in [5, 5.41) is 9.94. The van der Waals surface area contributed by atoms with Gasteiger partial charge in [0.25, 0.3) is 5.56 Å². The maximum Gasteiger partial charge on any atom is 0.333 e. The third-order valence-electron chi connectivity index (χ3n) is 7.19. The summed E-state index contributed by atoms with van der Waals surface area (Å²) in [6.07, 6.45) is 0.208. The standard InChI is InChI=1S/C30H36FN3O7S/c1-17-23(15-32)42-26-24(17)25(35)34(30(5,6)27(36)41-29(2,3)4)28(37)33(26)16-22(40-19-10-12-39-13-11-19)20-9-8-18(31)14-21(20)38-7/h8-9,14,19,22H,10-13,16H2,1-7H3. The first-order chi connectivity index (χ1) is 19.7. The predicted octanol–water partition coefficient (Wildman–Crippen LogP) is 4.57. The molecule has 1 aromatic carbocycles. The van der Waals surface area contributed by atoms with Crippen molar-refractivity contribution >= 4 is 27.5 Å². The molecule has 0 spiro atoms. The lowest BCUT2D eigenvalue weighted by Crippen LogP contribution is -2.54. The summed E-state index contributed by atoms with van der Waals surface area (Å²) in [7, 11) is 1.42. The van der Waals surface area contributed by atoms with Crippen molar-refractivity contribution in [1.82, 2.24) is 9.13 Å². The first kappa shape index (κ1) is 31.4. The van der Waals surface area contributed by atoms with Gasteiger partial charge in [-0.2, -0.15) is 5.26 Å². The van der Waals surface area contributed by atoms with Crippen LogP contribution < -0.4 is 16.0 Å². The van der Waals surface area contributed by atoms with Crippen LogP contribution in [-0.2, 0) is 31.1 Å². The normalized spacial score (nSPS) is 15.4. The van der Waals surface area contributed by atoms with Gasteiger partial charge in [-0.3, -0.25) is 9.36 Å². The number of thiophene rings is 1. The molecule has 3 heterocycles. The number of esters is 1. The van der Waals surface area contributed by atoms with E-state index in [0.29, 0.717) is 37.2 Å². The summed E-state index contributed by atoms with van der Waals surface area (Å²) >= 11 is 1.02. The van der Waals surface area contributed by atoms with Gasteiger partial charge >= 0.3 is 11.7 Å². The molecule has 1 aliphatic heterocycles. The number of fused-ring (bicyclic) bond motifs is 1. The number of ether oxygens (including phenoxy) is 4. The Hall–Kier alpha value is -3.53. The SMILES string of the molecule is COc1cc(F)ccc1C(Cn1c(=O)n(C(C)(C)C(=O)OC(C)(C)C)c(=O)c2c(C)c(C#N)sc21)OC1CCOCC1. The van der Waals surface area contributed by atoms with Crippen molar-refractivity contribution in [2.75, 3.05) is 20.3 Å². The molecular weight excluding hydrogens is 565 g/mol. The van der Waals surface area contributed by atoms with E-state index >= 15 is 0 Å². The molecule has 0 bridgehead atoms. The minimum absolute atomic E-state index is 0.107. The number of benzene rings is 1. The molecule has 1 unspecified atom stereocenters. The number of nitriles is 1. The number of methoxy groups -OCH3 is 1. The highest BCUT2D eigenvalue weighted by molar-refractivity contribution is 7.19. The van der Waals surface area contributed by atoms with Gasteiger partial charge in [0, 0.05) is 24.8 Å². The van der Waals surface area contributed by atoms with Gasteiger partial charge in [0.2, 0.25) is 0 Å². The Bertz CT molecular complexity index is 1650. The number of carbonyl (C=O) groups is 1. The smallest absolute Gasteiger partial charge is 0.333 e. The molecule has 4 rings (SSSR count). The van der Waals surface area contributed by atoms with Crippen molar-refractivity contribution < 1.29 is 28.1 Å². The fourth-order valence-electron chi connectivity index (χ4n) is 4.98. The van der Waals surface area contributed by atoms with Gasteiger partial charge in [-0.15, -0.1) is 11.3 Å². The second-order valence-corrected chi connectivity index (χ2v) is 12.8. The Morgan fingerprint density at radius 3 is 2.48 bits per heavy atom. The molecule has 1 saturated heterocycles. The molecule has 226 valence electrons. The van der Waals surface area contributed by atoms with E-state index in [9.17, 15) is 24.0 Å². The number of halogens is 1. The molecule has 3 aromatic rings. The van der Waals surface area contributed by atoms with Gasteiger partial charge in [0.15, 0.2) is 0 Å². The Morgan fingerprint density at radius 1 is 1.21 bits per heavy atom. The Labute approximate surface area is 247 Å². The lowest BCUT2D eigenvalue weighted by Gasteiger charge is -2.31. The van der Waals surface area contributed by atoms with Crippen LogP contribution in [0.4, 0.5) is 4.39 Å². The molecule has 0 saturated carbocycles. The van der Waals surface area contributed by atoms with E-state index in [-0.39, 0.29) is 33.5 Å². The van der Waals surface area contributed by atoms with Crippen LogP contribution in [0.2, 0.25) is 0 Å². The van der Waals surface area contributed by atoms with Crippen molar-refractivity contribution in [2.24, 2.45) is 0 Å². The first-order valence-corrected chi connectivity index (χ1v) is 14.5. The van der Waals surface area contributed by atoms with Crippen LogP contribution in [0.5, 0.6) is 5.75 Å². The van der Waals surface area contributed by atoms with Crippen molar-refractivity contribution in [3.05, 3.63) is 60.9 Å². The minimum Gasteiger partial charge on any atom is -0.496 e. The zero-order chi connectivity index (χ0) is 31.0. The molecule has 0 aliphatic carbocycles. The molecule has 0 N–H and O–H groups in total. The number of aryl methyl sites for hydroxylation is 1. The monoisotopic (exact) mass is 601 g/mol. The summed E-state index contributed by atoms with van der Waals surface area (Å²) in [4.78, 5) is 42.1. The maximum atomic E-state index is 14.3. The molecule has 42 heavy (non-hydrogen) atoms. The van der Waals surface area contributed by atoms with Gasteiger partial charge in [-0.25, -0.2) is 18.5 Å². The van der Waals surface area contributed by atoms with E-state index in [1.165, 1.54) is 37.7 Å². The molecule has 10 nitrogen and oxygen atoms in total. The fraction of sp³-hybridized carbons (Fsp3) is 0.533. The molecule has 1 atom stereocenters. The second kappa shape index (κ2) is 12.0. The van der Waals surface area contributed by atoms with Crippen molar-refractivity contribution in [3.63, 3.8) is 0 Å². The van der Waals surface area contributed by atoms with Crippen molar-refractivity contribution in [3.8, 4) is 11.8 Å². The van der Waals surface area contributed by atoms with Gasteiger partial charge in [0.05, 0.1) is 25.1 Å². The number of hydrogen-bond acceptors (Lipinski definition) is 9. The Morgan fingerprint density at radius 2 is 1.88 bits per heavy atom. The lowest BCUT2D eigenvalue weighted by atomic mass is 10.0.